The number of aromatic nitrogens is 1. The molecule has 2 aromatic rings. The monoisotopic (exact) mass is 369 g/mol. The lowest BCUT2D eigenvalue weighted by Gasteiger charge is -2.36. The number of hydrogen-bond acceptors (Lipinski definition) is 4. The van der Waals surface area contributed by atoms with Gasteiger partial charge >= 0.3 is 0 Å². The normalized spacial score (nSPS) is 23.7. The Balaban J connectivity index is 1.31. The highest BCUT2D eigenvalue weighted by Crippen LogP contribution is 2.26. The molecule has 4 nitrogen and oxygen atoms in total. The van der Waals surface area contributed by atoms with Crippen molar-refractivity contribution in [2.75, 3.05) is 31.2 Å². The van der Waals surface area contributed by atoms with Crippen LogP contribution in [0, 0.1) is 18.7 Å². The summed E-state index contributed by atoms with van der Waals surface area (Å²) < 4.78 is 19.1. The lowest BCUT2D eigenvalue weighted by molar-refractivity contribution is 0.181. The van der Waals surface area contributed by atoms with E-state index in [9.17, 15) is 4.39 Å². The molecule has 0 saturated carbocycles. The third kappa shape index (κ3) is 4.47. The first kappa shape index (κ1) is 18.4. The van der Waals surface area contributed by atoms with Crippen molar-refractivity contribution in [3.63, 3.8) is 0 Å². The molecule has 0 spiro atoms. The number of aryl methyl sites for hydroxylation is 1. The van der Waals surface area contributed by atoms with Crippen LogP contribution in [0.25, 0.3) is 0 Å². The number of hydrogen-bond donors (Lipinski definition) is 1. The summed E-state index contributed by atoms with van der Waals surface area (Å²) in [4.78, 5) is 6.48. The van der Waals surface area contributed by atoms with Crippen molar-refractivity contribution in [2.45, 2.75) is 38.3 Å². The van der Waals surface area contributed by atoms with E-state index < -0.39 is 0 Å². The van der Waals surface area contributed by atoms with Crippen molar-refractivity contribution in [2.24, 2.45) is 5.92 Å². The molecule has 2 saturated heterocycles. The predicted octanol–water partition coefficient (Wildman–Crippen LogP) is 3.35. The molecule has 0 aliphatic carbocycles. The molecule has 1 N–H and O–H groups in total. The van der Waals surface area contributed by atoms with E-state index in [4.69, 9.17) is 4.74 Å². The molecule has 144 valence electrons. The van der Waals surface area contributed by atoms with Gasteiger partial charge in [-0.25, -0.2) is 4.39 Å². The summed E-state index contributed by atoms with van der Waals surface area (Å²) in [7, 11) is 0. The number of anilines is 1. The van der Waals surface area contributed by atoms with Gasteiger partial charge in [-0.1, -0.05) is 0 Å². The fourth-order valence-electron chi connectivity index (χ4n) is 4.37. The molecule has 27 heavy (non-hydrogen) atoms. The van der Waals surface area contributed by atoms with Crippen LogP contribution in [0.1, 0.15) is 24.0 Å². The summed E-state index contributed by atoms with van der Waals surface area (Å²) in [6.07, 6.45) is 6.97. The number of ether oxygens (including phenoxy) is 1. The molecule has 1 aromatic heterocycles. The number of nitrogens with zero attached hydrogens (tertiary/aromatic N) is 2. The maximum atomic E-state index is 13.4. The largest absolute Gasteiger partial charge is 0.379 e. The molecule has 0 radical (unpaired) electrons. The average molecular weight is 369 g/mol. The minimum absolute atomic E-state index is 0.158. The summed E-state index contributed by atoms with van der Waals surface area (Å²) in [5.74, 6) is 0.360. The van der Waals surface area contributed by atoms with E-state index >= 15 is 0 Å². The zero-order valence-electron chi connectivity index (χ0n) is 15.9. The third-order valence-corrected chi connectivity index (χ3v) is 5.89. The quantitative estimate of drug-likeness (QED) is 0.877. The molecule has 3 heterocycles. The summed E-state index contributed by atoms with van der Waals surface area (Å²) in [6.45, 7) is 5.63. The van der Waals surface area contributed by atoms with Gasteiger partial charge in [0, 0.05) is 49.2 Å². The van der Waals surface area contributed by atoms with E-state index in [1.165, 1.54) is 5.56 Å². The number of benzene rings is 1. The Morgan fingerprint density at radius 2 is 1.93 bits per heavy atom. The van der Waals surface area contributed by atoms with Gasteiger partial charge in [-0.15, -0.1) is 0 Å². The van der Waals surface area contributed by atoms with Crippen LogP contribution in [0.15, 0.2) is 42.7 Å². The lowest BCUT2D eigenvalue weighted by Crippen LogP contribution is -2.48. The van der Waals surface area contributed by atoms with Crippen LogP contribution in [0.3, 0.4) is 0 Å². The van der Waals surface area contributed by atoms with Crippen LogP contribution in [0.4, 0.5) is 10.1 Å². The predicted molar refractivity (Wildman–Crippen MR) is 106 cm³/mol. The van der Waals surface area contributed by atoms with Crippen LogP contribution in [-0.2, 0) is 11.2 Å². The van der Waals surface area contributed by atoms with Crippen molar-refractivity contribution in [1.29, 1.82) is 0 Å². The van der Waals surface area contributed by atoms with Crippen molar-refractivity contribution < 1.29 is 9.13 Å². The Kier molecular flexibility index (Phi) is 5.69. The van der Waals surface area contributed by atoms with Crippen LogP contribution in [0.2, 0.25) is 0 Å². The fraction of sp³-hybridized carbons (Fsp3) is 0.500. The topological polar surface area (TPSA) is 37.4 Å². The van der Waals surface area contributed by atoms with Gasteiger partial charge in [0.25, 0.3) is 0 Å². The highest BCUT2D eigenvalue weighted by atomic mass is 19.1. The molecule has 1 aromatic carbocycles. The van der Waals surface area contributed by atoms with Gasteiger partial charge in [0.05, 0.1) is 13.2 Å². The maximum Gasteiger partial charge on any atom is 0.123 e. The minimum Gasteiger partial charge on any atom is -0.379 e. The standard InChI is InChI=1S/C22H28FN3O/c1-16-12-19(23)2-3-22(16)26-10-6-20(7-11-26)25-21-15-27-14-18(21)13-17-4-8-24-9-5-17/h2-5,8-9,12,18,20-21,25H,6-7,10-11,13-15H2,1H3/t18-,21+/m1/s1. The number of halogens is 1. The van der Waals surface area contributed by atoms with Crippen LogP contribution < -0.4 is 10.2 Å². The molecule has 2 fully saturated rings. The Bertz CT molecular complexity index is 746. The Morgan fingerprint density at radius 1 is 1.15 bits per heavy atom. The van der Waals surface area contributed by atoms with Gasteiger partial charge in [-0.05, 0) is 67.6 Å². The molecular weight excluding hydrogens is 341 g/mol. The van der Waals surface area contributed by atoms with Crippen LogP contribution in [0.5, 0.6) is 0 Å². The Morgan fingerprint density at radius 3 is 2.67 bits per heavy atom. The van der Waals surface area contributed by atoms with E-state index in [1.54, 1.807) is 12.1 Å². The molecule has 4 rings (SSSR count). The first-order chi connectivity index (χ1) is 13.2. The maximum absolute atomic E-state index is 13.4. The average Bonchev–Trinajstić information content (AvgIpc) is 3.10. The van der Waals surface area contributed by atoms with E-state index in [0.717, 1.165) is 56.8 Å². The summed E-state index contributed by atoms with van der Waals surface area (Å²) in [5.41, 5.74) is 3.51. The highest BCUT2D eigenvalue weighted by Gasteiger charge is 2.31. The minimum atomic E-state index is -0.158. The summed E-state index contributed by atoms with van der Waals surface area (Å²) >= 11 is 0. The van der Waals surface area contributed by atoms with E-state index in [1.807, 2.05) is 25.4 Å². The zero-order valence-corrected chi connectivity index (χ0v) is 15.9. The van der Waals surface area contributed by atoms with Gasteiger partial charge in [0.2, 0.25) is 0 Å². The Labute approximate surface area is 160 Å². The van der Waals surface area contributed by atoms with E-state index in [-0.39, 0.29) is 5.82 Å². The number of pyridine rings is 1. The highest BCUT2D eigenvalue weighted by molar-refractivity contribution is 5.53. The second-order valence-electron chi connectivity index (χ2n) is 7.82. The van der Waals surface area contributed by atoms with Gasteiger partial charge in [-0.2, -0.15) is 0 Å². The SMILES string of the molecule is Cc1cc(F)ccc1N1CCC(N[C@H]2COC[C@H]2Cc2ccncc2)CC1. The molecular formula is C22H28FN3O. The second kappa shape index (κ2) is 8.36. The number of rotatable bonds is 5. The van der Waals surface area contributed by atoms with E-state index in [0.29, 0.717) is 18.0 Å². The van der Waals surface area contributed by atoms with Gasteiger partial charge in [-0.3, -0.25) is 4.98 Å². The van der Waals surface area contributed by atoms with Crippen molar-refractivity contribution in [3.8, 4) is 0 Å². The van der Waals surface area contributed by atoms with Gasteiger partial charge in [0.1, 0.15) is 5.82 Å². The molecule has 5 heteroatoms. The molecule has 2 aliphatic heterocycles. The molecule has 2 aliphatic rings. The first-order valence-corrected chi connectivity index (χ1v) is 9.93. The van der Waals surface area contributed by atoms with Crippen molar-refractivity contribution in [3.05, 3.63) is 59.7 Å². The van der Waals surface area contributed by atoms with Gasteiger partial charge < -0.3 is 15.0 Å². The molecule has 2 atom stereocenters. The summed E-state index contributed by atoms with van der Waals surface area (Å²) in [6, 6.07) is 10.2. The smallest absolute Gasteiger partial charge is 0.123 e. The van der Waals surface area contributed by atoms with E-state index in [2.05, 4.69) is 27.3 Å². The number of piperidine rings is 1. The third-order valence-electron chi connectivity index (χ3n) is 5.89. The fourth-order valence-corrected chi connectivity index (χ4v) is 4.37. The first-order valence-electron chi connectivity index (χ1n) is 9.93. The Hall–Kier alpha value is -1.98. The molecule has 0 unspecified atom stereocenters. The summed E-state index contributed by atoms with van der Waals surface area (Å²) in [5, 5.41) is 3.86. The zero-order chi connectivity index (χ0) is 18.6. The van der Waals surface area contributed by atoms with Crippen LogP contribution in [-0.4, -0.2) is 43.4 Å². The van der Waals surface area contributed by atoms with Crippen LogP contribution >= 0.6 is 0 Å². The van der Waals surface area contributed by atoms with Crippen molar-refractivity contribution in [1.82, 2.24) is 10.3 Å². The number of nitrogens with one attached hydrogen (secondary N) is 1. The molecule has 0 bridgehead atoms. The molecule has 0 amide bonds. The lowest BCUT2D eigenvalue weighted by atomic mass is 9.93. The van der Waals surface area contributed by atoms with Gasteiger partial charge in [0.15, 0.2) is 0 Å². The van der Waals surface area contributed by atoms with Crippen molar-refractivity contribution >= 4 is 5.69 Å². The second-order valence-corrected chi connectivity index (χ2v) is 7.82.